The van der Waals surface area contributed by atoms with Crippen LogP contribution in [-0.2, 0) is 16.0 Å². The predicted octanol–water partition coefficient (Wildman–Crippen LogP) is 2.91. The third kappa shape index (κ3) is 5.54. The molecule has 2 aromatic carbocycles. The molecule has 0 fully saturated rings. The number of carbonyl (C=O) groups excluding carboxylic acids is 2. The first-order chi connectivity index (χ1) is 14.5. The number of hydrogen-bond donors (Lipinski definition) is 2. The van der Waals surface area contributed by atoms with Crippen molar-refractivity contribution in [3.8, 4) is 22.1 Å². The zero-order chi connectivity index (χ0) is 21.5. The van der Waals surface area contributed by atoms with Gasteiger partial charge in [-0.1, -0.05) is 23.5 Å². The van der Waals surface area contributed by atoms with Crippen molar-refractivity contribution in [3.05, 3.63) is 54.1 Å². The molecule has 0 bridgehead atoms. The molecule has 0 aliphatic rings. The fourth-order valence-electron chi connectivity index (χ4n) is 2.62. The van der Waals surface area contributed by atoms with Gasteiger partial charge in [-0.05, 0) is 48.9 Å². The molecule has 8 nitrogen and oxygen atoms in total. The van der Waals surface area contributed by atoms with E-state index >= 15 is 0 Å². The van der Waals surface area contributed by atoms with Crippen LogP contribution in [0.5, 0.6) is 11.5 Å². The molecule has 0 spiro atoms. The van der Waals surface area contributed by atoms with Gasteiger partial charge in [-0.3, -0.25) is 14.9 Å². The maximum Gasteiger partial charge on any atom is 0.248 e. The van der Waals surface area contributed by atoms with Gasteiger partial charge in [-0.15, -0.1) is 10.2 Å². The van der Waals surface area contributed by atoms with E-state index in [9.17, 15) is 9.59 Å². The quantitative estimate of drug-likeness (QED) is 0.574. The van der Waals surface area contributed by atoms with Crippen molar-refractivity contribution < 1.29 is 19.1 Å². The van der Waals surface area contributed by atoms with Crippen LogP contribution in [0, 0.1) is 0 Å². The lowest BCUT2D eigenvalue weighted by atomic mass is 10.1. The first-order valence-electron chi connectivity index (χ1n) is 9.19. The highest BCUT2D eigenvalue weighted by molar-refractivity contribution is 7.18. The molecule has 1 aromatic heterocycles. The highest BCUT2D eigenvalue weighted by Crippen LogP contribution is 2.27. The predicted molar refractivity (Wildman–Crippen MR) is 115 cm³/mol. The Bertz CT molecular complexity index is 1000. The molecule has 1 heterocycles. The van der Waals surface area contributed by atoms with Gasteiger partial charge in [0.1, 0.15) is 22.5 Å². The number of nitrogens with zero attached hydrogens (tertiary/aromatic N) is 2. The molecule has 1 atom stereocenters. The summed E-state index contributed by atoms with van der Waals surface area (Å²) in [7, 11) is 3.18. The second-order valence-corrected chi connectivity index (χ2v) is 7.42. The minimum atomic E-state index is -0.718. The molecular weight excluding hydrogens is 404 g/mol. The molecule has 0 aliphatic heterocycles. The van der Waals surface area contributed by atoms with Crippen molar-refractivity contribution in [2.75, 3.05) is 19.5 Å². The van der Waals surface area contributed by atoms with Gasteiger partial charge in [0.2, 0.25) is 16.9 Å². The zero-order valence-corrected chi connectivity index (χ0v) is 17.7. The molecular formula is C21H22N4O4S. The number of ether oxygens (including phenoxy) is 2. The van der Waals surface area contributed by atoms with Crippen molar-refractivity contribution in [2.45, 2.75) is 19.4 Å². The number of hydrogen-bond acceptors (Lipinski definition) is 7. The minimum absolute atomic E-state index is 0.169. The number of rotatable bonds is 8. The van der Waals surface area contributed by atoms with E-state index in [1.165, 1.54) is 11.3 Å². The molecule has 30 heavy (non-hydrogen) atoms. The summed E-state index contributed by atoms with van der Waals surface area (Å²) < 4.78 is 10.2. The summed E-state index contributed by atoms with van der Waals surface area (Å²) in [5.41, 5.74) is 1.70. The van der Waals surface area contributed by atoms with E-state index in [1.807, 2.05) is 36.4 Å². The van der Waals surface area contributed by atoms with Gasteiger partial charge in [0.15, 0.2) is 0 Å². The van der Waals surface area contributed by atoms with E-state index in [4.69, 9.17) is 9.47 Å². The van der Waals surface area contributed by atoms with E-state index in [1.54, 1.807) is 33.3 Å². The molecule has 1 unspecified atom stereocenters. The Morgan fingerprint density at radius 3 is 2.17 bits per heavy atom. The Balaban J connectivity index is 1.53. The topological polar surface area (TPSA) is 102 Å². The van der Waals surface area contributed by atoms with Crippen LogP contribution in [0.3, 0.4) is 0 Å². The maximum absolute atomic E-state index is 12.4. The molecule has 0 radical (unpaired) electrons. The molecule has 0 aliphatic carbocycles. The van der Waals surface area contributed by atoms with Crippen LogP contribution in [0.1, 0.15) is 12.5 Å². The summed E-state index contributed by atoms with van der Waals surface area (Å²) in [4.78, 5) is 24.6. The third-order valence-corrected chi connectivity index (χ3v) is 5.17. The standard InChI is InChI=1S/C21H22N4O4S/c1-13(22-18(26)12-14-4-8-16(28-2)9-5-14)19(27)23-21-25-24-20(30-21)15-6-10-17(29-3)11-7-15/h4-11,13H,12H2,1-3H3,(H,22,26)(H,23,25,27). The lowest BCUT2D eigenvalue weighted by Crippen LogP contribution is -2.42. The van der Waals surface area contributed by atoms with Crippen LogP contribution in [0.4, 0.5) is 5.13 Å². The molecule has 3 aromatic rings. The van der Waals surface area contributed by atoms with Crippen LogP contribution in [0.2, 0.25) is 0 Å². The lowest BCUT2D eigenvalue weighted by molar-refractivity contribution is -0.125. The maximum atomic E-state index is 12.4. The normalized spacial score (nSPS) is 11.4. The van der Waals surface area contributed by atoms with E-state index in [0.29, 0.717) is 10.1 Å². The summed E-state index contributed by atoms with van der Waals surface area (Å²) in [6.07, 6.45) is 0.169. The molecule has 9 heteroatoms. The average Bonchev–Trinajstić information content (AvgIpc) is 3.22. The van der Waals surface area contributed by atoms with Crippen LogP contribution in [0.25, 0.3) is 10.6 Å². The number of nitrogens with one attached hydrogen (secondary N) is 2. The first kappa shape index (κ1) is 21.3. The monoisotopic (exact) mass is 426 g/mol. The smallest absolute Gasteiger partial charge is 0.248 e. The van der Waals surface area contributed by atoms with Gasteiger partial charge in [0, 0.05) is 5.56 Å². The number of carbonyl (C=O) groups is 2. The molecule has 156 valence electrons. The van der Waals surface area contributed by atoms with Crippen molar-refractivity contribution in [1.82, 2.24) is 15.5 Å². The zero-order valence-electron chi connectivity index (χ0n) is 16.8. The Morgan fingerprint density at radius 2 is 1.57 bits per heavy atom. The second kappa shape index (κ2) is 9.84. The Hall–Kier alpha value is -3.46. The van der Waals surface area contributed by atoms with Crippen LogP contribution < -0.4 is 20.1 Å². The SMILES string of the molecule is COc1ccc(CC(=O)NC(C)C(=O)Nc2nnc(-c3ccc(OC)cc3)s2)cc1. The molecule has 2 amide bonds. The van der Waals surface area contributed by atoms with Gasteiger partial charge < -0.3 is 14.8 Å². The Labute approximate surface area is 178 Å². The third-order valence-electron chi connectivity index (χ3n) is 4.29. The lowest BCUT2D eigenvalue weighted by Gasteiger charge is -2.13. The summed E-state index contributed by atoms with van der Waals surface area (Å²) >= 11 is 1.25. The van der Waals surface area contributed by atoms with Crippen LogP contribution in [0.15, 0.2) is 48.5 Å². The van der Waals surface area contributed by atoms with E-state index < -0.39 is 6.04 Å². The van der Waals surface area contributed by atoms with Gasteiger partial charge in [0.25, 0.3) is 0 Å². The van der Waals surface area contributed by atoms with Crippen LogP contribution >= 0.6 is 11.3 Å². The first-order valence-corrected chi connectivity index (χ1v) is 10.0. The minimum Gasteiger partial charge on any atom is -0.497 e. The average molecular weight is 426 g/mol. The molecule has 0 saturated heterocycles. The van der Waals surface area contributed by atoms with E-state index in [-0.39, 0.29) is 18.2 Å². The van der Waals surface area contributed by atoms with Crippen LogP contribution in [-0.4, -0.2) is 42.3 Å². The molecule has 3 rings (SSSR count). The van der Waals surface area contributed by atoms with E-state index in [2.05, 4.69) is 20.8 Å². The fourth-order valence-corrected chi connectivity index (χ4v) is 3.38. The van der Waals surface area contributed by atoms with E-state index in [0.717, 1.165) is 22.6 Å². The van der Waals surface area contributed by atoms with Crippen molar-refractivity contribution in [1.29, 1.82) is 0 Å². The van der Waals surface area contributed by atoms with Crippen molar-refractivity contribution >= 4 is 28.3 Å². The number of aromatic nitrogens is 2. The molecule has 0 saturated carbocycles. The number of anilines is 1. The van der Waals surface area contributed by atoms with Crippen molar-refractivity contribution in [3.63, 3.8) is 0 Å². The summed E-state index contributed by atoms with van der Waals surface area (Å²) in [6, 6.07) is 13.9. The number of amides is 2. The largest absolute Gasteiger partial charge is 0.497 e. The van der Waals surface area contributed by atoms with Gasteiger partial charge in [-0.25, -0.2) is 0 Å². The summed E-state index contributed by atoms with van der Waals surface area (Å²) in [5, 5.41) is 14.5. The Morgan fingerprint density at radius 1 is 0.967 bits per heavy atom. The highest BCUT2D eigenvalue weighted by atomic mass is 32.1. The summed E-state index contributed by atoms with van der Waals surface area (Å²) in [6.45, 7) is 1.62. The van der Waals surface area contributed by atoms with Gasteiger partial charge in [-0.2, -0.15) is 0 Å². The highest BCUT2D eigenvalue weighted by Gasteiger charge is 2.18. The Kier molecular flexibility index (Phi) is 6.97. The number of benzene rings is 2. The second-order valence-electron chi connectivity index (χ2n) is 6.44. The summed E-state index contributed by atoms with van der Waals surface area (Å²) in [5.74, 6) is 0.850. The van der Waals surface area contributed by atoms with Crippen molar-refractivity contribution in [2.24, 2.45) is 0 Å². The fraction of sp³-hybridized carbons (Fsp3) is 0.238. The van der Waals surface area contributed by atoms with Gasteiger partial charge >= 0.3 is 0 Å². The van der Waals surface area contributed by atoms with Gasteiger partial charge in [0.05, 0.1) is 20.6 Å². The number of methoxy groups -OCH3 is 2. The molecule has 2 N–H and O–H groups in total.